The van der Waals surface area contributed by atoms with Gasteiger partial charge in [0.1, 0.15) is 6.61 Å². The van der Waals surface area contributed by atoms with Crippen LogP contribution in [0.2, 0.25) is 0 Å². The molecule has 1 atom stereocenters. The maximum absolute atomic E-state index is 13.3. The Labute approximate surface area is 121 Å². The first kappa shape index (κ1) is 15.0. The molecule has 3 nitrogen and oxygen atoms in total. The summed E-state index contributed by atoms with van der Waals surface area (Å²) in [5.41, 5.74) is 0.548. The van der Waals surface area contributed by atoms with Gasteiger partial charge in [0, 0.05) is 12.4 Å². The van der Waals surface area contributed by atoms with E-state index in [0.717, 1.165) is 31.4 Å². The summed E-state index contributed by atoms with van der Waals surface area (Å²) < 4.78 is 31.2. The number of carbonyl (C=O) groups is 1. The fourth-order valence-electron chi connectivity index (χ4n) is 2.25. The van der Waals surface area contributed by atoms with Crippen molar-refractivity contribution in [2.45, 2.75) is 25.3 Å². The standard InChI is InChI=1S/C14H16ClF2NO2/c15-6-2-1-3-7-18-13(9-20-14(18)19)10-4-5-11(16)12(17)8-10/h4-5,8,13H,1-3,6-7,9H2. The van der Waals surface area contributed by atoms with Crippen LogP contribution in [0.3, 0.4) is 0 Å². The second kappa shape index (κ2) is 6.88. The van der Waals surface area contributed by atoms with Gasteiger partial charge < -0.3 is 4.74 Å². The van der Waals surface area contributed by atoms with Crippen LogP contribution in [0.5, 0.6) is 0 Å². The molecule has 1 fully saturated rings. The largest absolute Gasteiger partial charge is 0.447 e. The van der Waals surface area contributed by atoms with E-state index in [0.29, 0.717) is 18.0 Å². The van der Waals surface area contributed by atoms with Gasteiger partial charge in [-0.2, -0.15) is 0 Å². The Morgan fingerprint density at radius 1 is 1.25 bits per heavy atom. The maximum Gasteiger partial charge on any atom is 0.410 e. The third kappa shape index (κ3) is 3.39. The SMILES string of the molecule is O=C1OCC(c2ccc(F)c(F)c2)N1CCCCCCl. The average Bonchev–Trinajstić information content (AvgIpc) is 2.79. The summed E-state index contributed by atoms with van der Waals surface area (Å²) in [7, 11) is 0. The number of hydrogen-bond donors (Lipinski definition) is 0. The topological polar surface area (TPSA) is 29.5 Å². The molecule has 0 saturated carbocycles. The van der Waals surface area contributed by atoms with Crippen molar-refractivity contribution in [2.75, 3.05) is 19.0 Å². The first-order chi connectivity index (χ1) is 9.63. The zero-order valence-electron chi connectivity index (χ0n) is 10.9. The van der Waals surface area contributed by atoms with Gasteiger partial charge in [-0.25, -0.2) is 13.6 Å². The summed E-state index contributed by atoms with van der Waals surface area (Å²) in [5.74, 6) is -1.21. The van der Waals surface area contributed by atoms with Crippen molar-refractivity contribution in [2.24, 2.45) is 0 Å². The van der Waals surface area contributed by atoms with Crippen LogP contribution in [0.1, 0.15) is 30.9 Å². The number of nitrogens with zero attached hydrogens (tertiary/aromatic N) is 1. The molecule has 0 aliphatic carbocycles. The fourth-order valence-corrected chi connectivity index (χ4v) is 2.44. The van der Waals surface area contributed by atoms with Crippen LogP contribution in [0.25, 0.3) is 0 Å². The number of halogens is 3. The van der Waals surface area contributed by atoms with Gasteiger partial charge in [0.2, 0.25) is 0 Å². The van der Waals surface area contributed by atoms with Gasteiger partial charge in [-0.05, 0) is 30.5 Å². The van der Waals surface area contributed by atoms with Gasteiger partial charge in [-0.15, -0.1) is 11.6 Å². The van der Waals surface area contributed by atoms with Gasteiger partial charge >= 0.3 is 6.09 Å². The Kier molecular flexibility index (Phi) is 5.17. The van der Waals surface area contributed by atoms with E-state index < -0.39 is 17.7 Å². The molecule has 2 rings (SSSR count). The predicted molar refractivity (Wildman–Crippen MR) is 71.7 cm³/mol. The molecule has 0 spiro atoms. The van der Waals surface area contributed by atoms with E-state index in [9.17, 15) is 13.6 Å². The molecule has 0 N–H and O–H groups in total. The van der Waals surface area contributed by atoms with E-state index in [2.05, 4.69) is 0 Å². The van der Waals surface area contributed by atoms with E-state index in [4.69, 9.17) is 16.3 Å². The second-order valence-electron chi connectivity index (χ2n) is 4.71. The molecular weight excluding hydrogens is 288 g/mol. The molecule has 1 aromatic carbocycles. The third-order valence-electron chi connectivity index (χ3n) is 3.34. The number of unbranched alkanes of at least 4 members (excludes halogenated alkanes) is 2. The molecule has 1 unspecified atom stereocenters. The number of alkyl halides is 1. The molecule has 6 heteroatoms. The highest BCUT2D eigenvalue weighted by molar-refractivity contribution is 6.17. The Balaban J connectivity index is 2.05. The van der Waals surface area contributed by atoms with Gasteiger partial charge in [-0.1, -0.05) is 12.5 Å². The number of rotatable bonds is 6. The highest BCUT2D eigenvalue weighted by Crippen LogP contribution is 2.28. The molecule has 1 amide bonds. The smallest absolute Gasteiger partial charge is 0.410 e. The molecular formula is C14H16ClF2NO2. The van der Waals surface area contributed by atoms with Gasteiger partial charge in [-0.3, -0.25) is 4.90 Å². The predicted octanol–water partition coefficient (Wildman–Crippen LogP) is 3.87. The lowest BCUT2D eigenvalue weighted by Gasteiger charge is -2.21. The van der Waals surface area contributed by atoms with E-state index in [-0.39, 0.29) is 12.6 Å². The zero-order valence-corrected chi connectivity index (χ0v) is 11.7. The number of ether oxygens (including phenoxy) is 1. The van der Waals surface area contributed by atoms with Crippen molar-refractivity contribution < 1.29 is 18.3 Å². The highest BCUT2D eigenvalue weighted by atomic mass is 35.5. The first-order valence-corrected chi connectivity index (χ1v) is 7.11. The van der Waals surface area contributed by atoms with Crippen LogP contribution >= 0.6 is 11.6 Å². The van der Waals surface area contributed by atoms with Gasteiger partial charge in [0.15, 0.2) is 11.6 Å². The molecule has 0 radical (unpaired) electrons. The minimum absolute atomic E-state index is 0.166. The quantitative estimate of drug-likeness (QED) is 0.590. The molecule has 1 aromatic rings. The monoisotopic (exact) mass is 303 g/mol. The van der Waals surface area contributed by atoms with Crippen LogP contribution in [0, 0.1) is 11.6 Å². The number of amides is 1. The summed E-state index contributed by atoms with van der Waals surface area (Å²) in [6.45, 7) is 0.693. The normalized spacial score (nSPS) is 18.4. The van der Waals surface area contributed by atoms with Crippen molar-refractivity contribution in [3.05, 3.63) is 35.4 Å². The molecule has 1 saturated heterocycles. The van der Waals surface area contributed by atoms with Crippen LogP contribution in [-0.4, -0.2) is 30.0 Å². The number of carbonyl (C=O) groups excluding carboxylic acids is 1. The molecule has 0 aromatic heterocycles. The van der Waals surface area contributed by atoms with Crippen LogP contribution < -0.4 is 0 Å². The van der Waals surface area contributed by atoms with Crippen molar-refractivity contribution >= 4 is 17.7 Å². The summed E-state index contributed by atoms with van der Waals surface area (Å²) in [4.78, 5) is 13.2. The van der Waals surface area contributed by atoms with Gasteiger partial charge in [0.25, 0.3) is 0 Å². The second-order valence-corrected chi connectivity index (χ2v) is 5.09. The summed E-state index contributed by atoms with van der Waals surface area (Å²) >= 11 is 5.60. The summed E-state index contributed by atoms with van der Waals surface area (Å²) in [5, 5.41) is 0. The number of cyclic esters (lactones) is 1. The summed E-state index contributed by atoms with van der Waals surface area (Å²) in [6.07, 6.45) is 2.20. The fraction of sp³-hybridized carbons (Fsp3) is 0.500. The number of benzene rings is 1. The minimum atomic E-state index is -0.913. The van der Waals surface area contributed by atoms with Crippen LogP contribution in [0.4, 0.5) is 13.6 Å². The minimum Gasteiger partial charge on any atom is -0.447 e. The Morgan fingerprint density at radius 2 is 2.05 bits per heavy atom. The average molecular weight is 304 g/mol. The Bertz CT molecular complexity index is 484. The molecule has 110 valence electrons. The molecule has 20 heavy (non-hydrogen) atoms. The highest BCUT2D eigenvalue weighted by Gasteiger charge is 2.33. The first-order valence-electron chi connectivity index (χ1n) is 6.58. The van der Waals surface area contributed by atoms with Crippen molar-refractivity contribution in [3.8, 4) is 0 Å². The number of hydrogen-bond acceptors (Lipinski definition) is 2. The lowest BCUT2D eigenvalue weighted by atomic mass is 10.1. The Morgan fingerprint density at radius 3 is 2.75 bits per heavy atom. The van der Waals surface area contributed by atoms with E-state index in [1.54, 1.807) is 4.90 Å². The molecule has 0 bridgehead atoms. The lowest BCUT2D eigenvalue weighted by molar-refractivity contribution is 0.157. The zero-order chi connectivity index (χ0) is 14.5. The van der Waals surface area contributed by atoms with E-state index in [1.807, 2.05) is 0 Å². The van der Waals surface area contributed by atoms with Crippen molar-refractivity contribution in [1.29, 1.82) is 0 Å². The van der Waals surface area contributed by atoms with Crippen LogP contribution in [0.15, 0.2) is 18.2 Å². The molecule has 1 heterocycles. The molecule has 1 aliphatic rings. The van der Waals surface area contributed by atoms with Crippen LogP contribution in [-0.2, 0) is 4.74 Å². The van der Waals surface area contributed by atoms with E-state index >= 15 is 0 Å². The van der Waals surface area contributed by atoms with Crippen molar-refractivity contribution in [1.82, 2.24) is 4.90 Å². The van der Waals surface area contributed by atoms with Crippen molar-refractivity contribution in [3.63, 3.8) is 0 Å². The third-order valence-corrected chi connectivity index (χ3v) is 3.60. The molecule has 1 aliphatic heterocycles. The lowest BCUT2D eigenvalue weighted by Crippen LogP contribution is -2.28. The Hall–Kier alpha value is -1.36. The summed E-state index contributed by atoms with van der Waals surface area (Å²) in [6, 6.07) is 3.32. The van der Waals surface area contributed by atoms with Gasteiger partial charge in [0.05, 0.1) is 6.04 Å². The van der Waals surface area contributed by atoms with E-state index in [1.165, 1.54) is 6.07 Å². The maximum atomic E-state index is 13.3.